The number of nitrogens with zero attached hydrogens (tertiary/aromatic N) is 3. The summed E-state index contributed by atoms with van der Waals surface area (Å²) in [6, 6.07) is 0. The van der Waals surface area contributed by atoms with Gasteiger partial charge in [0.1, 0.15) is 6.71 Å². The molecule has 1 saturated carbocycles. The Morgan fingerprint density at radius 1 is 1.05 bits per heavy atom. The Bertz CT molecular complexity index is 154. The molecule has 0 aliphatic heterocycles. The smallest absolute Gasteiger partial charge is 0.671 e. The van der Waals surface area contributed by atoms with Crippen molar-refractivity contribution >= 4 is 6.71 Å². The molecule has 1 rings (SSSR count). The summed E-state index contributed by atoms with van der Waals surface area (Å²) >= 11 is 0. The van der Waals surface area contributed by atoms with Crippen molar-refractivity contribution in [1.82, 2.24) is 0 Å². The molecular weight excluding hydrogens is 319 g/mol. The maximum Gasteiger partial charge on any atom is 4.00 e. The normalized spacial score (nSPS) is 19.7. The van der Waals surface area contributed by atoms with E-state index in [0.29, 0.717) is 12.5 Å². The van der Waals surface area contributed by atoms with Gasteiger partial charge in [0.15, 0.2) is 0 Å². The standard InChI is InChI=1S/C8H16BFN.2C2H6N.CH3.Zr/c1-9(6-11-2)7-4-3-5-8(7)10;2*1-3-2;;/h7-8H,3-6H2,1-2H3;2*1-2H3;1H3;/q4*-1;+4. The van der Waals surface area contributed by atoms with Gasteiger partial charge in [-0.1, -0.05) is 19.7 Å². The summed E-state index contributed by atoms with van der Waals surface area (Å²) in [4.78, 5) is 0. The quantitative estimate of drug-likeness (QED) is 0.540. The van der Waals surface area contributed by atoms with Crippen LogP contribution < -0.4 is 0 Å². The molecule has 0 aromatic carbocycles. The zero-order chi connectivity index (χ0) is 13.7. The zero-order valence-corrected chi connectivity index (χ0v) is 16.2. The first kappa shape index (κ1) is 28.0. The van der Waals surface area contributed by atoms with Crippen LogP contribution in [0.4, 0.5) is 4.39 Å². The fourth-order valence-electron chi connectivity index (χ4n) is 2.01. The van der Waals surface area contributed by atoms with Gasteiger partial charge in [-0.2, -0.15) is 41.7 Å². The molecule has 0 saturated heterocycles. The van der Waals surface area contributed by atoms with Gasteiger partial charge in [-0.15, -0.1) is 0 Å². The number of hydrogen-bond donors (Lipinski definition) is 0. The van der Waals surface area contributed by atoms with Crippen molar-refractivity contribution < 1.29 is 30.6 Å². The van der Waals surface area contributed by atoms with Crippen molar-refractivity contribution in [3.63, 3.8) is 0 Å². The molecular formula is C13H31BFN3Zr. The molecule has 0 radical (unpaired) electrons. The van der Waals surface area contributed by atoms with Crippen molar-refractivity contribution in [3.05, 3.63) is 23.4 Å². The van der Waals surface area contributed by atoms with E-state index in [4.69, 9.17) is 0 Å². The molecule has 0 N–H and O–H groups in total. The number of alkyl halides is 1. The fourth-order valence-corrected chi connectivity index (χ4v) is 2.01. The van der Waals surface area contributed by atoms with Gasteiger partial charge in [0.2, 0.25) is 0 Å². The van der Waals surface area contributed by atoms with Crippen LogP contribution in [0.5, 0.6) is 0 Å². The Morgan fingerprint density at radius 2 is 1.47 bits per heavy atom. The van der Waals surface area contributed by atoms with Gasteiger partial charge in [0, 0.05) is 0 Å². The van der Waals surface area contributed by atoms with Crippen LogP contribution in [0.1, 0.15) is 19.3 Å². The van der Waals surface area contributed by atoms with Crippen LogP contribution in [0.15, 0.2) is 0 Å². The molecule has 1 aliphatic carbocycles. The van der Waals surface area contributed by atoms with Gasteiger partial charge in [-0.3, -0.25) is 0 Å². The molecule has 3 nitrogen and oxygen atoms in total. The summed E-state index contributed by atoms with van der Waals surface area (Å²) in [7, 11) is 8.80. The van der Waals surface area contributed by atoms with E-state index >= 15 is 0 Å². The average molecular weight is 350 g/mol. The largest absolute Gasteiger partial charge is 4.00 e. The monoisotopic (exact) mass is 349 g/mol. The molecule has 0 bridgehead atoms. The van der Waals surface area contributed by atoms with Crippen molar-refractivity contribution in [1.29, 1.82) is 0 Å². The van der Waals surface area contributed by atoms with Crippen molar-refractivity contribution in [2.75, 3.05) is 41.7 Å². The number of rotatable bonds is 3. The predicted octanol–water partition coefficient (Wildman–Crippen LogP) is 4.23. The molecule has 6 heteroatoms. The van der Waals surface area contributed by atoms with Crippen LogP contribution in [-0.2, 0) is 26.2 Å². The van der Waals surface area contributed by atoms with E-state index in [-0.39, 0.29) is 33.6 Å². The minimum absolute atomic E-state index is 0. The van der Waals surface area contributed by atoms with Crippen LogP contribution in [-0.4, -0.2) is 54.6 Å². The van der Waals surface area contributed by atoms with Crippen molar-refractivity contribution in [2.24, 2.45) is 0 Å². The third-order valence-corrected chi connectivity index (χ3v) is 2.68. The molecule has 19 heavy (non-hydrogen) atoms. The molecule has 1 aliphatic rings. The van der Waals surface area contributed by atoms with Crippen LogP contribution in [0.3, 0.4) is 0 Å². The molecule has 112 valence electrons. The molecule has 2 unspecified atom stereocenters. The van der Waals surface area contributed by atoms with Crippen molar-refractivity contribution in [2.45, 2.75) is 38.1 Å². The van der Waals surface area contributed by atoms with E-state index in [1.165, 1.54) is 0 Å². The minimum Gasteiger partial charge on any atom is -0.671 e. The first-order chi connectivity index (χ1) is 8.08. The first-order valence-electron chi connectivity index (χ1n) is 6.24. The molecule has 0 amide bonds. The van der Waals surface area contributed by atoms with Gasteiger partial charge in [-0.05, 0) is 12.2 Å². The molecule has 0 aromatic heterocycles. The Hall–Kier alpha value is 0.758. The Balaban J connectivity index is -0.000000122. The Kier molecular flexibility index (Phi) is 31.0. The Labute approximate surface area is 140 Å². The maximum absolute atomic E-state index is 13.1. The van der Waals surface area contributed by atoms with E-state index in [0.717, 1.165) is 25.7 Å². The predicted molar refractivity (Wildman–Crippen MR) is 85.1 cm³/mol. The summed E-state index contributed by atoms with van der Waals surface area (Å²) in [6.45, 7) is 2.55. The second-order valence-electron chi connectivity index (χ2n) is 4.48. The average Bonchev–Trinajstić information content (AvgIpc) is 2.67. The molecule has 1 fully saturated rings. The van der Waals surface area contributed by atoms with Gasteiger partial charge >= 0.3 is 26.2 Å². The summed E-state index contributed by atoms with van der Waals surface area (Å²) in [5.74, 6) is 0.290. The van der Waals surface area contributed by atoms with Crippen LogP contribution in [0.2, 0.25) is 12.6 Å². The number of halogens is 1. The summed E-state index contributed by atoms with van der Waals surface area (Å²) in [6.07, 6.45) is 3.19. The summed E-state index contributed by atoms with van der Waals surface area (Å²) < 4.78 is 13.1. The van der Waals surface area contributed by atoms with E-state index in [9.17, 15) is 4.39 Å². The third kappa shape index (κ3) is 16.7. The van der Waals surface area contributed by atoms with E-state index in [2.05, 4.69) is 22.8 Å². The zero-order valence-electron chi connectivity index (χ0n) is 13.8. The third-order valence-electron chi connectivity index (χ3n) is 2.68. The van der Waals surface area contributed by atoms with Gasteiger partial charge in [0.25, 0.3) is 0 Å². The second-order valence-corrected chi connectivity index (χ2v) is 4.48. The van der Waals surface area contributed by atoms with E-state index in [1.807, 2.05) is 0 Å². The van der Waals surface area contributed by atoms with Crippen LogP contribution >= 0.6 is 0 Å². The Morgan fingerprint density at radius 3 is 1.74 bits per heavy atom. The van der Waals surface area contributed by atoms with Crippen LogP contribution in [0.25, 0.3) is 16.0 Å². The van der Waals surface area contributed by atoms with E-state index in [1.54, 1.807) is 35.2 Å². The molecule has 0 heterocycles. The topological polar surface area (TPSA) is 42.3 Å². The molecule has 2 atom stereocenters. The minimum atomic E-state index is -0.549. The van der Waals surface area contributed by atoms with Crippen molar-refractivity contribution in [3.8, 4) is 0 Å². The molecule has 0 spiro atoms. The van der Waals surface area contributed by atoms with Gasteiger partial charge < -0.3 is 23.4 Å². The van der Waals surface area contributed by atoms with Gasteiger partial charge in [0.05, 0.1) is 6.17 Å². The first-order valence-corrected chi connectivity index (χ1v) is 6.24. The van der Waals surface area contributed by atoms with Crippen LogP contribution in [0, 0.1) is 7.43 Å². The maximum atomic E-state index is 13.1. The summed E-state index contributed by atoms with van der Waals surface area (Å²) in [5.41, 5.74) is 0. The second kappa shape index (κ2) is 21.1. The summed E-state index contributed by atoms with van der Waals surface area (Å²) in [5, 5.41) is 11.0. The molecule has 0 aromatic rings. The fraction of sp³-hybridized carbons (Fsp3) is 0.923. The number of hydrogen-bond acceptors (Lipinski definition) is 0. The van der Waals surface area contributed by atoms with E-state index < -0.39 is 6.17 Å². The SMILES string of the molecule is C[N-]C.C[N-]C.C[N-]CB(C)C1CCCC1F.[CH3-].[Zr+4]. The van der Waals surface area contributed by atoms with Gasteiger partial charge in [-0.25, -0.2) is 4.39 Å².